The lowest BCUT2D eigenvalue weighted by molar-refractivity contribution is -0.119. The highest BCUT2D eigenvalue weighted by Gasteiger charge is 2.31. The molecule has 0 bridgehead atoms. The van der Waals surface area contributed by atoms with E-state index in [9.17, 15) is 4.79 Å². The first-order valence-corrected chi connectivity index (χ1v) is 11.1. The Labute approximate surface area is 187 Å². The summed E-state index contributed by atoms with van der Waals surface area (Å²) in [6.45, 7) is 13.3. The van der Waals surface area contributed by atoms with Gasteiger partial charge in [0, 0.05) is 0 Å². The molecule has 3 rings (SSSR count). The Bertz CT molecular complexity index is 1050. The van der Waals surface area contributed by atoms with Gasteiger partial charge in [0.1, 0.15) is 0 Å². The van der Waals surface area contributed by atoms with Gasteiger partial charge in [0.05, 0.1) is 5.92 Å². The van der Waals surface area contributed by atoms with Crippen LogP contribution in [0.15, 0.2) is 72.8 Å². The van der Waals surface area contributed by atoms with E-state index >= 15 is 0 Å². The van der Waals surface area contributed by atoms with Gasteiger partial charge in [-0.2, -0.15) is 0 Å². The number of carbonyl (C=O) groups is 1. The Morgan fingerprint density at radius 1 is 0.774 bits per heavy atom. The second kappa shape index (κ2) is 8.70. The largest absolute Gasteiger partial charge is 0.369 e. The van der Waals surface area contributed by atoms with Crippen molar-refractivity contribution < 1.29 is 4.79 Å². The molecule has 0 heterocycles. The smallest absolute Gasteiger partial charge is 0.225 e. The molecule has 1 unspecified atom stereocenters. The summed E-state index contributed by atoms with van der Waals surface area (Å²) in [4.78, 5) is 12.7. The molecule has 2 N–H and O–H groups in total. The minimum atomic E-state index is -0.373. The van der Waals surface area contributed by atoms with Gasteiger partial charge in [-0.3, -0.25) is 4.79 Å². The molecule has 31 heavy (non-hydrogen) atoms. The fourth-order valence-corrected chi connectivity index (χ4v) is 4.43. The topological polar surface area (TPSA) is 43.1 Å². The van der Waals surface area contributed by atoms with Gasteiger partial charge < -0.3 is 5.73 Å². The summed E-state index contributed by atoms with van der Waals surface area (Å²) in [5, 5.41) is 0. The highest BCUT2D eigenvalue weighted by molar-refractivity contribution is 5.83. The predicted molar refractivity (Wildman–Crippen MR) is 131 cm³/mol. The number of benzene rings is 3. The maximum Gasteiger partial charge on any atom is 0.225 e. The van der Waals surface area contributed by atoms with Crippen LogP contribution in [0.5, 0.6) is 0 Å². The van der Waals surface area contributed by atoms with Crippen LogP contribution in [0.1, 0.15) is 69.7 Å². The lowest BCUT2D eigenvalue weighted by Gasteiger charge is -2.34. The third kappa shape index (κ3) is 5.25. The van der Waals surface area contributed by atoms with Gasteiger partial charge in [-0.25, -0.2) is 0 Å². The average molecular weight is 414 g/mol. The third-order valence-electron chi connectivity index (χ3n) is 5.85. The van der Waals surface area contributed by atoms with E-state index in [0.717, 1.165) is 16.7 Å². The highest BCUT2D eigenvalue weighted by atomic mass is 16.1. The minimum Gasteiger partial charge on any atom is -0.369 e. The number of primary amides is 1. The minimum absolute atomic E-state index is 0.0198. The maximum atomic E-state index is 12.7. The van der Waals surface area contributed by atoms with Crippen molar-refractivity contribution in [3.63, 3.8) is 0 Å². The molecule has 162 valence electrons. The molecule has 2 nitrogen and oxygen atoms in total. The van der Waals surface area contributed by atoms with Crippen molar-refractivity contribution in [3.05, 3.63) is 95.1 Å². The van der Waals surface area contributed by atoms with Gasteiger partial charge in [0.2, 0.25) is 5.91 Å². The first-order valence-electron chi connectivity index (χ1n) is 11.1. The van der Waals surface area contributed by atoms with Gasteiger partial charge in [-0.1, -0.05) is 114 Å². The fraction of sp³-hybridized carbons (Fsp3) is 0.345. The average Bonchev–Trinajstić information content (AvgIpc) is 2.71. The Kier molecular flexibility index (Phi) is 6.40. The van der Waals surface area contributed by atoms with Crippen LogP contribution in [0.2, 0.25) is 0 Å². The van der Waals surface area contributed by atoms with Crippen LogP contribution in [-0.4, -0.2) is 5.91 Å². The van der Waals surface area contributed by atoms with Gasteiger partial charge in [0.15, 0.2) is 0 Å². The number of nitrogens with two attached hydrogens (primary N) is 1. The van der Waals surface area contributed by atoms with E-state index in [2.05, 4.69) is 96.1 Å². The SMILES string of the molecule is CC(C)(C)c1cccc(C(Cc2cccc(-c3ccccc3)c2)C(N)=O)c1C(C)(C)C. The van der Waals surface area contributed by atoms with Crippen molar-refractivity contribution >= 4 is 5.91 Å². The third-order valence-corrected chi connectivity index (χ3v) is 5.85. The van der Waals surface area contributed by atoms with E-state index < -0.39 is 0 Å². The Morgan fingerprint density at radius 2 is 1.39 bits per heavy atom. The van der Waals surface area contributed by atoms with E-state index in [1.54, 1.807) is 0 Å². The Morgan fingerprint density at radius 3 is 1.97 bits per heavy atom. The molecule has 2 heteroatoms. The molecule has 0 aliphatic rings. The van der Waals surface area contributed by atoms with Crippen LogP contribution in [0.3, 0.4) is 0 Å². The second-order valence-electron chi connectivity index (χ2n) is 10.5. The molecule has 1 amide bonds. The standard InChI is InChI=1S/C29H35NO/c1-28(2,3)25-17-11-16-23(26(25)29(4,5)6)24(27(30)31)19-20-12-10-15-22(18-20)21-13-8-7-9-14-21/h7-18,24H,19H2,1-6H3,(H2,30,31). The number of hydrogen-bond donors (Lipinski definition) is 1. The molecule has 0 spiro atoms. The summed E-state index contributed by atoms with van der Waals surface area (Å²) in [6, 6.07) is 25.1. The van der Waals surface area contributed by atoms with Crippen molar-refractivity contribution in [2.45, 2.75) is 64.7 Å². The summed E-state index contributed by atoms with van der Waals surface area (Å²) in [5.41, 5.74) is 12.9. The molecule has 0 aromatic heterocycles. The van der Waals surface area contributed by atoms with Crippen LogP contribution < -0.4 is 5.73 Å². The van der Waals surface area contributed by atoms with E-state index in [1.807, 2.05) is 18.2 Å². The van der Waals surface area contributed by atoms with Crippen LogP contribution >= 0.6 is 0 Å². The zero-order valence-electron chi connectivity index (χ0n) is 19.7. The summed E-state index contributed by atoms with van der Waals surface area (Å²) < 4.78 is 0. The Balaban J connectivity index is 2.08. The highest BCUT2D eigenvalue weighted by Crippen LogP contribution is 2.39. The first-order chi connectivity index (χ1) is 14.5. The quantitative estimate of drug-likeness (QED) is 0.493. The molecule has 0 aliphatic heterocycles. The summed E-state index contributed by atoms with van der Waals surface area (Å²) in [7, 11) is 0. The van der Waals surface area contributed by atoms with Crippen molar-refractivity contribution in [3.8, 4) is 11.1 Å². The molecule has 3 aromatic rings. The summed E-state index contributed by atoms with van der Waals surface area (Å²) >= 11 is 0. The number of carbonyl (C=O) groups excluding carboxylic acids is 1. The van der Waals surface area contributed by atoms with Gasteiger partial charge in [-0.15, -0.1) is 0 Å². The predicted octanol–water partition coefficient (Wildman–Crippen LogP) is 6.76. The molecule has 1 atom stereocenters. The molecule has 0 saturated carbocycles. The van der Waals surface area contributed by atoms with Gasteiger partial charge >= 0.3 is 0 Å². The molecule has 0 fully saturated rings. The van der Waals surface area contributed by atoms with Crippen LogP contribution in [0.25, 0.3) is 11.1 Å². The maximum absolute atomic E-state index is 12.7. The second-order valence-corrected chi connectivity index (χ2v) is 10.5. The molecular weight excluding hydrogens is 378 g/mol. The van der Waals surface area contributed by atoms with E-state index in [-0.39, 0.29) is 22.7 Å². The van der Waals surface area contributed by atoms with Gasteiger partial charge in [-0.05, 0) is 50.6 Å². The van der Waals surface area contributed by atoms with Crippen molar-refractivity contribution in [2.75, 3.05) is 0 Å². The van der Waals surface area contributed by atoms with Crippen LogP contribution in [0.4, 0.5) is 0 Å². The Hall–Kier alpha value is -2.87. The van der Waals surface area contributed by atoms with Crippen molar-refractivity contribution in [1.29, 1.82) is 0 Å². The van der Waals surface area contributed by atoms with Crippen molar-refractivity contribution in [1.82, 2.24) is 0 Å². The number of rotatable bonds is 5. The first kappa shape index (κ1) is 22.8. The zero-order chi connectivity index (χ0) is 22.8. The van der Waals surface area contributed by atoms with Gasteiger partial charge in [0.25, 0.3) is 0 Å². The summed E-state index contributed by atoms with van der Waals surface area (Å²) in [6.07, 6.45) is 0.590. The van der Waals surface area contributed by atoms with Crippen molar-refractivity contribution in [2.24, 2.45) is 5.73 Å². The van der Waals surface area contributed by atoms with Crippen LogP contribution in [-0.2, 0) is 22.0 Å². The summed E-state index contributed by atoms with van der Waals surface area (Å²) in [5.74, 6) is -0.649. The normalized spacial score (nSPS) is 13.1. The zero-order valence-corrected chi connectivity index (χ0v) is 19.7. The lowest BCUT2D eigenvalue weighted by Crippen LogP contribution is -2.29. The van der Waals surface area contributed by atoms with E-state index in [1.165, 1.54) is 16.7 Å². The molecule has 0 aliphatic carbocycles. The molecule has 0 saturated heterocycles. The molecule has 3 aromatic carbocycles. The monoisotopic (exact) mass is 413 g/mol. The van der Waals surface area contributed by atoms with E-state index in [0.29, 0.717) is 6.42 Å². The van der Waals surface area contributed by atoms with Crippen LogP contribution in [0, 0.1) is 0 Å². The van der Waals surface area contributed by atoms with E-state index in [4.69, 9.17) is 5.73 Å². The lowest BCUT2D eigenvalue weighted by atomic mass is 9.70. The molecule has 0 radical (unpaired) electrons. The fourth-order valence-electron chi connectivity index (χ4n) is 4.43. The molecular formula is C29H35NO. The number of amides is 1. The number of hydrogen-bond acceptors (Lipinski definition) is 1.